The number of rotatable bonds is 6. The minimum atomic E-state index is -0.636. The number of carbonyl (C=O) groups excluding carboxylic acids is 2. The third-order valence-electron chi connectivity index (χ3n) is 4.99. The maximum absolute atomic E-state index is 12.3. The number of nitro benzene ring substituents is 1. The molecule has 1 saturated carbocycles. The number of amides is 1. The second-order valence-electron chi connectivity index (χ2n) is 6.66. The van der Waals surface area contributed by atoms with Gasteiger partial charge in [-0.05, 0) is 30.4 Å². The Morgan fingerprint density at radius 3 is 2.73 bits per heavy atom. The van der Waals surface area contributed by atoms with Crippen LogP contribution >= 0.6 is 11.8 Å². The summed E-state index contributed by atoms with van der Waals surface area (Å²) in [5.74, 6) is 0.325. The Hall–Kier alpha value is -2.09. The first kappa shape index (κ1) is 20.2. The van der Waals surface area contributed by atoms with E-state index in [0.717, 1.165) is 24.6 Å². The fourth-order valence-electron chi connectivity index (χ4n) is 3.20. The Morgan fingerprint density at radius 1 is 1.35 bits per heavy atom. The lowest BCUT2D eigenvalue weighted by Crippen LogP contribution is -2.44. The Kier molecular flexibility index (Phi) is 7.02. The highest BCUT2D eigenvalue weighted by Gasteiger charge is 2.28. The molecule has 142 valence electrons. The summed E-state index contributed by atoms with van der Waals surface area (Å²) in [6, 6.07) is 4.28. The van der Waals surface area contributed by atoms with Crippen molar-refractivity contribution in [3.05, 3.63) is 33.9 Å². The second kappa shape index (κ2) is 9.02. The van der Waals surface area contributed by atoms with E-state index < -0.39 is 10.9 Å². The van der Waals surface area contributed by atoms with Gasteiger partial charge in [0.2, 0.25) is 5.91 Å². The SMILES string of the molecule is COC(=O)c1ccc(SCC(=O)N[C@@H]2CCC[C@H](C)[C@H]2C)c([N+](=O)[O-])c1. The first-order chi connectivity index (χ1) is 12.3. The summed E-state index contributed by atoms with van der Waals surface area (Å²) < 4.78 is 4.58. The molecule has 0 spiro atoms. The van der Waals surface area contributed by atoms with Crippen molar-refractivity contribution in [1.29, 1.82) is 0 Å². The predicted octanol–water partition coefficient (Wildman–Crippen LogP) is 3.41. The van der Waals surface area contributed by atoms with Gasteiger partial charge in [0.05, 0.1) is 28.2 Å². The van der Waals surface area contributed by atoms with E-state index in [2.05, 4.69) is 23.9 Å². The number of hydrogen-bond donors (Lipinski definition) is 1. The lowest BCUT2D eigenvalue weighted by Gasteiger charge is -2.34. The van der Waals surface area contributed by atoms with Crippen molar-refractivity contribution in [3.63, 3.8) is 0 Å². The van der Waals surface area contributed by atoms with Gasteiger partial charge in [0.25, 0.3) is 5.69 Å². The molecule has 0 unspecified atom stereocenters. The molecule has 26 heavy (non-hydrogen) atoms. The van der Waals surface area contributed by atoms with Gasteiger partial charge in [-0.15, -0.1) is 11.8 Å². The highest BCUT2D eigenvalue weighted by atomic mass is 32.2. The molecule has 3 atom stereocenters. The van der Waals surface area contributed by atoms with E-state index in [1.54, 1.807) is 0 Å². The van der Waals surface area contributed by atoms with Crippen LogP contribution < -0.4 is 5.32 Å². The van der Waals surface area contributed by atoms with Gasteiger partial charge in [-0.1, -0.05) is 26.7 Å². The number of carbonyl (C=O) groups is 2. The normalized spacial score (nSPS) is 22.5. The monoisotopic (exact) mass is 380 g/mol. The molecule has 1 fully saturated rings. The molecule has 0 aromatic heterocycles. The molecule has 7 nitrogen and oxygen atoms in total. The van der Waals surface area contributed by atoms with E-state index in [4.69, 9.17) is 0 Å². The molecule has 8 heteroatoms. The van der Waals surface area contributed by atoms with Crippen molar-refractivity contribution in [3.8, 4) is 0 Å². The van der Waals surface area contributed by atoms with Crippen LogP contribution in [0.4, 0.5) is 5.69 Å². The van der Waals surface area contributed by atoms with Gasteiger partial charge >= 0.3 is 5.97 Å². The number of nitro groups is 1. The number of nitrogens with one attached hydrogen (secondary N) is 1. The molecule has 1 aliphatic carbocycles. The van der Waals surface area contributed by atoms with Gasteiger partial charge in [0.1, 0.15) is 0 Å². The minimum absolute atomic E-state index is 0.0933. The number of thioether (sulfide) groups is 1. The van der Waals surface area contributed by atoms with E-state index in [0.29, 0.717) is 16.7 Å². The standard InChI is InChI=1S/C18H24N2O5S/c1-11-5-4-6-14(12(11)2)19-17(21)10-26-16-8-7-13(18(22)25-3)9-15(16)20(23)24/h7-9,11-12,14H,4-6,10H2,1-3H3,(H,19,21)/t11-,12+,14+/m0/s1. The van der Waals surface area contributed by atoms with Crippen LogP contribution in [0.2, 0.25) is 0 Å². The Balaban J connectivity index is 2.00. The maximum atomic E-state index is 12.3. The molecule has 1 aromatic carbocycles. The number of hydrogen-bond acceptors (Lipinski definition) is 6. The third-order valence-corrected chi connectivity index (χ3v) is 6.05. The average molecular weight is 380 g/mol. The number of methoxy groups -OCH3 is 1. The van der Waals surface area contributed by atoms with E-state index in [-0.39, 0.29) is 29.0 Å². The van der Waals surface area contributed by atoms with Crippen LogP contribution in [-0.2, 0) is 9.53 Å². The summed E-state index contributed by atoms with van der Waals surface area (Å²) in [6.45, 7) is 4.35. The molecular formula is C18H24N2O5S. The molecule has 0 saturated heterocycles. The summed E-state index contributed by atoms with van der Waals surface area (Å²) >= 11 is 1.10. The van der Waals surface area contributed by atoms with E-state index in [1.807, 2.05) is 0 Å². The summed E-state index contributed by atoms with van der Waals surface area (Å²) in [5, 5.41) is 14.3. The number of ether oxygens (including phenoxy) is 1. The van der Waals surface area contributed by atoms with Crippen molar-refractivity contribution >= 4 is 29.3 Å². The topological polar surface area (TPSA) is 98.5 Å². The summed E-state index contributed by atoms with van der Waals surface area (Å²) in [7, 11) is 1.22. The van der Waals surface area contributed by atoms with E-state index >= 15 is 0 Å². The zero-order valence-corrected chi connectivity index (χ0v) is 16.0. The fourth-order valence-corrected chi connectivity index (χ4v) is 4.02. The molecule has 0 bridgehead atoms. The summed E-state index contributed by atoms with van der Waals surface area (Å²) in [4.78, 5) is 34.8. The second-order valence-corrected chi connectivity index (χ2v) is 7.68. The first-order valence-electron chi connectivity index (χ1n) is 8.62. The van der Waals surface area contributed by atoms with Crippen molar-refractivity contribution in [2.24, 2.45) is 11.8 Å². The Labute approximate surface area is 157 Å². The minimum Gasteiger partial charge on any atom is -0.465 e. The Morgan fingerprint density at radius 2 is 2.08 bits per heavy atom. The third kappa shape index (κ3) is 4.97. The molecule has 0 aliphatic heterocycles. The van der Waals surface area contributed by atoms with Gasteiger partial charge in [0.15, 0.2) is 0 Å². The van der Waals surface area contributed by atoms with Gasteiger partial charge in [0, 0.05) is 12.1 Å². The predicted molar refractivity (Wildman–Crippen MR) is 99.3 cm³/mol. The number of esters is 1. The van der Waals surface area contributed by atoms with Crippen LogP contribution in [0.3, 0.4) is 0 Å². The summed E-state index contributed by atoms with van der Waals surface area (Å²) in [5.41, 5.74) is -0.0941. The van der Waals surface area contributed by atoms with Crippen molar-refractivity contribution in [1.82, 2.24) is 5.32 Å². The zero-order valence-electron chi connectivity index (χ0n) is 15.2. The maximum Gasteiger partial charge on any atom is 0.338 e. The highest BCUT2D eigenvalue weighted by Crippen LogP contribution is 2.31. The van der Waals surface area contributed by atoms with Crippen LogP contribution in [0.1, 0.15) is 43.5 Å². The Bertz CT molecular complexity index is 694. The smallest absolute Gasteiger partial charge is 0.338 e. The molecule has 2 rings (SSSR count). The lowest BCUT2D eigenvalue weighted by atomic mass is 9.78. The van der Waals surface area contributed by atoms with Gasteiger partial charge in [-0.2, -0.15) is 0 Å². The fraction of sp³-hybridized carbons (Fsp3) is 0.556. The highest BCUT2D eigenvalue weighted by molar-refractivity contribution is 8.00. The van der Waals surface area contributed by atoms with Gasteiger partial charge < -0.3 is 10.1 Å². The summed E-state index contributed by atoms with van der Waals surface area (Å²) in [6.07, 6.45) is 3.25. The van der Waals surface area contributed by atoms with Crippen LogP contribution in [-0.4, -0.2) is 35.7 Å². The largest absolute Gasteiger partial charge is 0.465 e. The van der Waals surface area contributed by atoms with Gasteiger partial charge in [-0.25, -0.2) is 4.79 Å². The van der Waals surface area contributed by atoms with Crippen LogP contribution in [0, 0.1) is 22.0 Å². The lowest BCUT2D eigenvalue weighted by molar-refractivity contribution is -0.387. The first-order valence-corrected chi connectivity index (χ1v) is 9.61. The molecule has 1 aliphatic rings. The van der Waals surface area contributed by atoms with Crippen LogP contribution in [0.25, 0.3) is 0 Å². The van der Waals surface area contributed by atoms with Crippen LogP contribution in [0.5, 0.6) is 0 Å². The molecule has 0 radical (unpaired) electrons. The number of benzene rings is 1. The molecule has 1 N–H and O–H groups in total. The van der Waals surface area contributed by atoms with Crippen molar-refractivity contribution < 1.29 is 19.2 Å². The van der Waals surface area contributed by atoms with Gasteiger partial charge in [-0.3, -0.25) is 14.9 Å². The van der Waals surface area contributed by atoms with Crippen molar-refractivity contribution in [2.75, 3.05) is 12.9 Å². The van der Waals surface area contributed by atoms with E-state index in [1.165, 1.54) is 31.7 Å². The zero-order chi connectivity index (χ0) is 19.3. The van der Waals surface area contributed by atoms with Crippen LogP contribution in [0.15, 0.2) is 23.1 Å². The van der Waals surface area contributed by atoms with E-state index in [9.17, 15) is 19.7 Å². The molecule has 1 amide bonds. The molecular weight excluding hydrogens is 356 g/mol. The molecule has 1 aromatic rings. The average Bonchev–Trinajstić information content (AvgIpc) is 2.63. The quantitative estimate of drug-likeness (QED) is 0.351. The molecule has 0 heterocycles. The van der Waals surface area contributed by atoms with Crippen molar-refractivity contribution in [2.45, 2.75) is 44.0 Å². The number of nitrogens with zero attached hydrogens (tertiary/aromatic N) is 1.